The summed E-state index contributed by atoms with van der Waals surface area (Å²) in [7, 11) is -2.85. The van der Waals surface area contributed by atoms with Crippen LogP contribution < -0.4 is 25.0 Å². The highest BCUT2D eigenvalue weighted by molar-refractivity contribution is 7.90. The minimum Gasteiger partial charge on any atom is -0.483 e. The Hall–Kier alpha value is -6.84. The first-order chi connectivity index (χ1) is 32.2. The Balaban J connectivity index is 0.00000216. The van der Waals surface area contributed by atoms with Crippen LogP contribution in [0.1, 0.15) is 73.0 Å². The second kappa shape index (κ2) is 21.2. The standard InChI is InChI=1S/C45H49F2N9O7S.CH2O2/c1-3-54(2)64(61,62)53-37-10-8-35(46)41(42(37)47)43(59)34-25-50-44-33(34)22-29(23-49-44)28-5-4-6-31(21-28)56-19-15-30(16-20-56)51-40(58)26-55-17-13-27(14-18-55)36-9-7-32(24-48-36)63-38-11-12-39(57)52-45(38)60;2-1-3/h4-10,21-25,27,30,38,53H,3,11-20,26H2,1-2H3,(H,49,50)(H,51,58)(H,52,57,60);1H,(H,2,3). The molecule has 3 fully saturated rings. The molecular formula is C46H51F2N9O9S. The molecule has 5 aromatic rings. The minimum atomic E-state index is -4.15. The molecule has 3 aromatic heterocycles. The van der Waals surface area contributed by atoms with Gasteiger partial charge in [0.2, 0.25) is 17.6 Å². The van der Waals surface area contributed by atoms with Gasteiger partial charge in [0.25, 0.3) is 12.4 Å². The molecular weight excluding hydrogens is 893 g/mol. The van der Waals surface area contributed by atoms with Gasteiger partial charge in [-0.15, -0.1) is 0 Å². The van der Waals surface area contributed by atoms with E-state index in [0.29, 0.717) is 35.3 Å². The van der Waals surface area contributed by atoms with E-state index < -0.39 is 50.9 Å². The molecule has 3 aliphatic heterocycles. The summed E-state index contributed by atoms with van der Waals surface area (Å²) in [5, 5.41) is 12.8. The van der Waals surface area contributed by atoms with E-state index in [2.05, 4.69) is 40.1 Å². The van der Waals surface area contributed by atoms with Crippen molar-refractivity contribution in [2.24, 2.45) is 0 Å². The number of ketones is 1. The topological polar surface area (TPSA) is 236 Å². The third-order valence-corrected chi connectivity index (χ3v) is 13.7. The second-order valence-corrected chi connectivity index (χ2v) is 18.2. The van der Waals surface area contributed by atoms with Crippen molar-refractivity contribution in [3.05, 3.63) is 102 Å². The van der Waals surface area contributed by atoms with Crippen LogP contribution in [0.25, 0.3) is 22.2 Å². The normalized spacial score (nSPS) is 17.4. The highest BCUT2D eigenvalue weighted by Gasteiger charge is 2.30. The van der Waals surface area contributed by atoms with Crippen LogP contribution in [-0.4, -0.2) is 126 Å². The van der Waals surface area contributed by atoms with E-state index in [1.807, 2.05) is 30.3 Å². The summed E-state index contributed by atoms with van der Waals surface area (Å²) in [5.41, 5.74) is 2.25. The fraction of sp³-hybridized carbons (Fsp3) is 0.370. The van der Waals surface area contributed by atoms with Gasteiger partial charge in [-0.1, -0.05) is 19.1 Å². The van der Waals surface area contributed by atoms with Gasteiger partial charge in [0.05, 0.1) is 24.0 Å². The summed E-state index contributed by atoms with van der Waals surface area (Å²) in [6.45, 7) is 4.75. The van der Waals surface area contributed by atoms with Gasteiger partial charge in [-0.25, -0.2) is 13.8 Å². The van der Waals surface area contributed by atoms with Crippen molar-refractivity contribution in [1.29, 1.82) is 0 Å². The summed E-state index contributed by atoms with van der Waals surface area (Å²) >= 11 is 0. The number of pyridine rings is 2. The number of rotatable bonds is 14. The Morgan fingerprint density at radius 1 is 0.970 bits per heavy atom. The molecule has 354 valence electrons. The van der Waals surface area contributed by atoms with Gasteiger partial charge in [0, 0.05) is 91.8 Å². The number of nitrogens with one attached hydrogen (secondary N) is 4. The van der Waals surface area contributed by atoms with Gasteiger partial charge in [-0.3, -0.25) is 43.9 Å². The largest absolute Gasteiger partial charge is 0.483 e. The maximum absolute atomic E-state index is 15.7. The Labute approximate surface area is 385 Å². The number of carbonyl (C=O) groups excluding carboxylic acids is 4. The molecule has 3 aliphatic rings. The molecule has 0 saturated carbocycles. The van der Waals surface area contributed by atoms with Crippen LogP contribution in [0.5, 0.6) is 5.75 Å². The van der Waals surface area contributed by atoms with E-state index in [-0.39, 0.29) is 48.8 Å². The fourth-order valence-electron chi connectivity index (χ4n) is 8.39. The average molecular weight is 944 g/mol. The predicted octanol–water partition coefficient (Wildman–Crippen LogP) is 4.59. The fourth-order valence-corrected chi connectivity index (χ4v) is 9.32. The first-order valence-electron chi connectivity index (χ1n) is 21.8. The molecule has 0 radical (unpaired) electrons. The maximum Gasteiger partial charge on any atom is 0.301 e. The molecule has 5 N–H and O–H groups in total. The van der Waals surface area contributed by atoms with Crippen LogP contribution in [0.15, 0.2) is 73.2 Å². The van der Waals surface area contributed by atoms with Crippen LogP contribution in [0, 0.1) is 11.6 Å². The van der Waals surface area contributed by atoms with E-state index in [4.69, 9.17) is 14.6 Å². The van der Waals surface area contributed by atoms with Crippen LogP contribution in [0.4, 0.5) is 20.2 Å². The number of H-pyrrole nitrogens is 1. The van der Waals surface area contributed by atoms with Crippen molar-refractivity contribution < 1.29 is 51.0 Å². The summed E-state index contributed by atoms with van der Waals surface area (Å²) in [6, 6.07) is 15.1. The summed E-state index contributed by atoms with van der Waals surface area (Å²) < 4.78 is 64.7. The van der Waals surface area contributed by atoms with Crippen molar-refractivity contribution in [2.45, 2.75) is 63.5 Å². The van der Waals surface area contributed by atoms with E-state index in [1.165, 1.54) is 13.2 Å². The van der Waals surface area contributed by atoms with E-state index in [9.17, 15) is 27.6 Å². The van der Waals surface area contributed by atoms with Crippen LogP contribution in [-0.2, 0) is 29.4 Å². The van der Waals surface area contributed by atoms with Crippen molar-refractivity contribution in [2.75, 3.05) is 55.9 Å². The van der Waals surface area contributed by atoms with Crippen molar-refractivity contribution in [3.63, 3.8) is 0 Å². The lowest BCUT2D eigenvalue weighted by Gasteiger charge is -2.35. The summed E-state index contributed by atoms with van der Waals surface area (Å²) in [6.07, 6.45) is 7.71. The molecule has 0 bridgehead atoms. The number of anilines is 2. The number of halogens is 2. The molecule has 8 rings (SSSR count). The molecule has 0 spiro atoms. The first kappa shape index (κ1) is 48.1. The quantitative estimate of drug-likeness (QED) is 0.0583. The highest BCUT2D eigenvalue weighted by Crippen LogP contribution is 2.33. The Bertz CT molecular complexity index is 2740. The number of amides is 3. The molecule has 1 atom stereocenters. The van der Waals surface area contributed by atoms with E-state index >= 15 is 8.78 Å². The van der Waals surface area contributed by atoms with E-state index in [0.717, 1.165) is 85.2 Å². The number of ether oxygens (including phenoxy) is 1. The molecule has 0 aliphatic carbocycles. The van der Waals surface area contributed by atoms with Gasteiger partial charge in [0.1, 0.15) is 17.2 Å². The Morgan fingerprint density at radius 3 is 2.40 bits per heavy atom. The number of benzene rings is 2. The molecule has 18 nitrogen and oxygen atoms in total. The number of imide groups is 1. The third-order valence-electron chi connectivity index (χ3n) is 12.2. The lowest BCUT2D eigenvalue weighted by Crippen LogP contribution is -2.48. The van der Waals surface area contributed by atoms with Crippen LogP contribution in [0.2, 0.25) is 0 Å². The molecule has 6 heterocycles. The van der Waals surface area contributed by atoms with Gasteiger partial charge in [0.15, 0.2) is 11.9 Å². The van der Waals surface area contributed by atoms with Crippen molar-refractivity contribution in [3.8, 4) is 16.9 Å². The second-order valence-electron chi connectivity index (χ2n) is 16.5. The number of carbonyl (C=O) groups is 5. The lowest BCUT2D eigenvalue weighted by molar-refractivity contribution is -0.139. The van der Waals surface area contributed by atoms with Gasteiger partial charge < -0.3 is 25.0 Å². The zero-order valence-electron chi connectivity index (χ0n) is 36.8. The minimum absolute atomic E-state index is 0.0000690. The number of hydrogen-bond donors (Lipinski definition) is 5. The Morgan fingerprint density at radius 2 is 1.72 bits per heavy atom. The molecule has 3 saturated heterocycles. The SMILES string of the molecule is CCN(C)S(=O)(=O)Nc1ccc(F)c(C(=O)c2c[nH]c3ncc(-c4cccc(N5CCC(NC(=O)CN6CCC(c7ccc(OC8CCC(=O)NC8=O)cn7)CC6)CC5)c4)cc23)c1F.O=CO. The summed E-state index contributed by atoms with van der Waals surface area (Å²) in [4.78, 5) is 75.1. The maximum atomic E-state index is 15.7. The number of hydrogen-bond acceptors (Lipinski definition) is 12. The third kappa shape index (κ3) is 11.4. The molecule has 1 unspecified atom stereocenters. The number of carboxylic acid groups (broad SMARTS) is 1. The zero-order valence-corrected chi connectivity index (χ0v) is 37.7. The van der Waals surface area contributed by atoms with E-state index in [1.54, 1.807) is 31.5 Å². The number of piperidine rings is 3. The van der Waals surface area contributed by atoms with Crippen molar-refractivity contribution >= 4 is 62.6 Å². The Kier molecular flexibility index (Phi) is 15.2. The van der Waals surface area contributed by atoms with Gasteiger partial charge >= 0.3 is 10.2 Å². The zero-order chi connectivity index (χ0) is 47.8. The average Bonchev–Trinajstić information content (AvgIpc) is 3.75. The molecule has 3 amide bonds. The number of aromatic nitrogens is 3. The lowest BCUT2D eigenvalue weighted by atomic mass is 9.93. The predicted molar refractivity (Wildman–Crippen MR) is 244 cm³/mol. The number of aromatic amines is 1. The smallest absolute Gasteiger partial charge is 0.301 e. The van der Waals surface area contributed by atoms with Gasteiger partial charge in [-0.2, -0.15) is 12.7 Å². The summed E-state index contributed by atoms with van der Waals surface area (Å²) in [5.74, 6) is -3.44. The number of nitrogens with zero attached hydrogens (tertiary/aromatic N) is 5. The van der Waals surface area contributed by atoms with Crippen LogP contribution in [0.3, 0.4) is 0 Å². The molecule has 21 heteroatoms. The van der Waals surface area contributed by atoms with Gasteiger partial charge in [-0.05, 0) is 86.8 Å². The van der Waals surface area contributed by atoms with Crippen LogP contribution >= 0.6 is 0 Å². The monoisotopic (exact) mass is 943 g/mol. The van der Waals surface area contributed by atoms with Crippen molar-refractivity contribution in [1.82, 2.24) is 34.8 Å². The molecule has 2 aromatic carbocycles. The number of likely N-dealkylation sites (tertiary alicyclic amines) is 1. The highest BCUT2D eigenvalue weighted by atomic mass is 32.2. The first-order valence-corrected chi connectivity index (χ1v) is 23.3. The number of fused-ring (bicyclic) bond motifs is 1. The molecule has 67 heavy (non-hydrogen) atoms.